The number of allylic oxidation sites excluding steroid dienone is 3. The van der Waals surface area contributed by atoms with Gasteiger partial charge in [0.25, 0.3) is 0 Å². The summed E-state index contributed by atoms with van der Waals surface area (Å²) in [5, 5.41) is 30.8. The van der Waals surface area contributed by atoms with Gasteiger partial charge < -0.3 is 30.9 Å². The van der Waals surface area contributed by atoms with Crippen LogP contribution in [0.1, 0.15) is 36.8 Å². The Bertz CT molecular complexity index is 947. The van der Waals surface area contributed by atoms with E-state index < -0.39 is 0 Å². The van der Waals surface area contributed by atoms with Gasteiger partial charge in [-0.05, 0) is 49.1 Å². The first-order chi connectivity index (χ1) is 15.0. The molecule has 8 heteroatoms. The van der Waals surface area contributed by atoms with Crippen molar-refractivity contribution in [2.75, 3.05) is 20.2 Å². The lowest BCUT2D eigenvalue weighted by atomic mass is 9.92. The standard InChI is InChI=1S/C23H30N6O2/c1-31-23-12-16(13-26-28-23)15-5-6-19(21(30)11-15)20(24)7-8-22(25)29-10-9-18(14-29)27-17-3-2-4-17/h5-8,11-13,17-18,24-28,30H,2-4,9-10,14H2,1H3/b8-7-,24-20?,25-22?. The van der Waals surface area contributed by atoms with Gasteiger partial charge in [0.05, 0.1) is 12.8 Å². The first-order valence-corrected chi connectivity index (χ1v) is 10.7. The minimum atomic E-state index is 0.0245. The van der Waals surface area contributed by atoms with Crippen molar-refractivity contribution in [2.24, 2.45) is 0 Å². The van der Waals surface area contributed by atoms with Crippen LogP contribution in [0, 0.1) is 10.8 Å². The molecule has 1 aromatic rings. The molecule has 0 spiro atoms. The van der Waals surface area contributed by atoms with Crippen molar-refractivity contribution >= 4 is 17.1 Å². The highest BCUT2D eigenvalue weighted by Gasteiger charge is 2.27. The van der Waals surface area contributed by atoms with E-state index in [1.54, 1.807) is 37.6 Å². The molecule has 1 atom stereocenters. The van der Waals surface area contributed by atoms with Crippen LogP contribution in [0.3, 0.4) is 0 Å². The fourth-order valence-electron chi connectivity index (χ4n) is 4.00. The minimum absolute atomic E-state index is 0.0245. The van der Waals surface area contributed by atoms with Gasteiger partial charge in [-0.1, -0.05) is 12.5 Å². The molecule has 1 saturated heterocycles. The highest BCUT2D eigenvalue weighted by Crippen LogP contribution is 2.26. The highest BCUT2D eigenvalue weighted by atomic mass is 16.5. The van der Waals surface area contributed by atoms with Crippen LogP contribution in [0.15, 0.2) is 48.5 Å². The van der Waals surface area contributed by atoms with E-state index in [0.29, 0.717) is 29.4 Å². The van der Waals surface area contributed by atoms with Crippen molar-refractivity contribution in [3.63, 3.8) is 0 Å². The molecular weight excluding hydrogens is 392 g/mol. The molecule has 0 aromatic heterocycles. The van der Waals surface area contributed by atoms with Gasteiger partial charge in [-0.3, -0.25) is 10.8 Å². The SMILES string of the molecule is COC1=CC(c2ccc(C(=N)/C=C\C(=N)N3CCC(NC4CCC4)C3)c(O)c2)=CNN1. The first kappa shape index (κ1) is 21.0. The van der Waals surface area contributed by atoms with Crippen molar-refractivity contribution in [2.45, 2.75) is 37.8 Å². The van der Waals surface area contributed by atoms with Crippen LogP contribution < -0.4 is 16.2 Å². The number of hydrogen-bond acceptors (Lipinski definition) is 7. The zero-order chi connectivity index (χ0) is 21.8. The van der Waals surface area contributed by atoms with Crippen molar-refractivity contribution in [3.05, 3.63) is 59.6 Å². The molecule has 3 aliphatic rings. The summed E-state index contributed by atoms with van der Waals surface area (Å²) >= 11 is 0. The predicted molar refractivity (Wildman–Crippen MR) is 122 cm³/mol. The molecule has 1 saturated carbocycles. The number of phenolic OH excluding ortho intramolecular Hbond substituents is 1. The van der Waals surface area contributed by atoms with Crippen molar-refractivity contribution < 1.29 is 9.84 Å². The van der Waals surface area contributed by atoms with Crippen LogP contribution >= 0.6 is 0 Å². The van der Waals surface area contributed by atoms with Gasteiger partial charge >= 0.3 is 0 Å². The second-order valence-electron chi connectivity index (χ2n) is 8.17. The smallest absolute Gasteiger partial charge is 0.205 e. The van der Waals surface area contributed by atoms with E-state index in [-0.39, 0.29) is 11.5 Å². The monoisotopic (exact) mass is 422 g/mol. The normalized spacial score (nSPS) is 21.1. The van der Waals surface area contributed by atoms with E-state index >= 15 is 0 Å². The lowest BCUT2D eigenvalue weighted by Gasteiger charge is -2.30. The van der Waals surface area contributed by atoms with Crippen LogP contribution in [0.4, 0.5) is 0 Å². The average molecular weight is 423 g/mol. The van der Waals surface area contributed by atoms with Crippen LogP contribution in [0.25, 0.3) is 5.57 Å². The lowest BCUT2D eigenvalue weighted by Crippen LogP contribution is -2.44. The molecule has 0 radical (unpaired) electrons. The Balaban J connectivity index is 1.36. The number of rotatable bonds is 7. The molecule has 0 bridgehead atoms. The summed E-state index contributed by atoms with van der Waals surface area (Å²) < 4.78 is 5.18. The van der Waals surface area contributed by atoms with Crippen LogP contribution in [-0.2, 0) is 4.74 Å². The zero-order valence-electron chi connectivity index (χ0n) is 17.7. The number of likely N-dealkylation sites (tertiary alicyclic amines) is 1. The lowest BCUT2D eigenvalue weighted by molar-refractivity contribution is 0.252. The third kappa shape index (κ3) is 4.91. The summed E-state index contributed by atoms with van der Waals surface area (Å²) in [6, 6.07) is 6.30. The fraction of sp³-hybridized carbons (Fsp3) is 0.391. The Labute approximate surface area is 182 Å². The molecule has 0 amide bonds. The number of nitrogens with one attached hydrogen (secondary N) is 5. The summed E-state index contributed by atoms with van der Waals surface area (Å²) in [7, 11) is 1.57. The van der Waals surface area contributed by atoms with Gasteiger partial charge in [-0.2, -0.15) is 0 Å². The number of ether oxygens (including phenoxy) is 1. The summed E-state index contributed by atoms with van der Waals surface area (Å²) in [4.78, 5) is 2.04. The molecule has 1 aromatic carbocycles. The van der Waals surface area contributed by atoms with Crippen molar-refractivity contribution in [3.8, 4) is 5.75 Å². The van der Waals surface area contributed by atoms with E-state index in [1.807, 2.05) is 17.0 Å². The molecule has 31 heavy (non-hydrogen) atoms. The molecule has 164 valence electrons. The van der Waals surface area contributed by atoms with Gasteiger partial charge in [0.2, 0.25) is 5.88 Å². The number of hydrogen-bond donors (Lipinski definition) is 6. The molecule has 4 rings (SSSR count). The number of hydrazine groups is 1. The quantitative estimate of drug-likeness (QED) is 0.297. The third-order valence-corrected chi connectivity index (χ3v) is 6.06. The Hall–Kier alpha value is -3.26. The van der Waals surface area contributed by atoms with Crippen LogP contribution in [0.5, 0.6) is 5.75 Å². The van der Waals surface area contributed by atoms with Gasteiger partial charge in [-0.25, -0.2) is 0 Å². The maximum atomic E-state index is 10.5. The molecule has 1 unspecified atom stereocenters. The third-order valence-electron chi connectivity index (χ3n) is 6.06. The zero-order valence-corrected chi connectivity index (χ0v) is 17.7. The number of benzene rings is 1. The molecule has 8 nitrogen and oxygen atoms in total. The number of phenols is 1. The second-order valence-corrected chi connectivity index (χ2v) is 8.17. The largest absolute Gasteiger partial charge is 0.507 e. The topological polar surface area (TPSA) is 116 Å². The number of amidine groups is 1. The van der Waals surface area contributed by atoms with Gasteiger partial charge in [0, 0.05) is 48.6 Å². The Kier molecular flexibility index (Phi) is 6.27. The van der Waals surface area contributed by atoms with Gasteiger partial charge in [-0.15, -0.1) is 0 Å². The minimum Gasteiger partial charge on any atom is -0.507 e. The number of nitrogens with zero attached hydrogens (tertiary/aromatic N) is 1. The molecule has 1 aliphatic carbocycles. The van der Waals surface area contributed by atoms with Gasteiger partial charge in [0.15, 0.2) is 0 Å². The van der Waals surface area contributed by atoms with Crippen LogP contribution in [-0.4, -0.2) is 53.8 Å². The van der Waals surface area contributed by atoms with E-state index in [2.05, 4.69) is 16.2 Å². The average Bonchev–Trinajstić information content (AvgIpc) is 3.23. The Morgan fingerprint density at radius 1 is 1.23 bits per heavy atom. The molecule has 6 N–H and O–H groups in total. The molecule has 2 aliphatic heterocycles. The van der Waals surface area contributed by atoms with E-state index in [0.717, 1.165) is 30.6 Å². The Morgan fingerprint density at radius 3 is 2.77 bits per heavy atom. The number of aromatic hydroxyl groups is 1. The fourth-order valence-corrected chi connectivity index (χ4v) is 4.00. The van der Waals surface area contributed by atoms with E-state index in [4.69, 9.17) is 15.6 Å². The van der Waals surface area contributed by atoms with Crippen molar-refractivity contribution in [1.82, 2.24) is 21.1 Å². The second kappa shape index (κ2) is 9.26. The first-order valence-electron chi connectivity index (χ1n) is 10.7. The maximum absolute atomic E-state index is 10.5. The summed E-state index contributed by atoms with van der Waals surface area (Å²) in [5.41, 5.74) is 8.00. The van der Waals surface area contributed by atoms with E-state index in [9.17, 15) is 5.11 Å². The predicted octanol–water partition coefficient (Wildman–Crippen LogP) is 2.45. The molecule has 2 fully saturated rings. The summed E-state index contributed by atoms with van der Waals surface area (Å²) in [6.07, 6.45) is 11.7. The van der Waals surface area contributed by atoms with Crippen molar-refractivity contribution in [1.29, 1.82) is 10.8 Å². The maximum Gasteiger partial charge on any atom is 0.205 e. The Morgan fingerprint density at radius 2 is 2.06 bits per heavy atom. The summed E-state index contributed by atoms with van der Waals surface area (Å²) in [5.74, 6) is 1.00. The summed E-state index contributed by atoms with van der Waals surface area (Å²) in [6.45, 7) is 1.69. The molecule has 2 heterocycles. The molecular formula is C23H30N6O2. The van der Waals surface area contributed by atoms with Gasteiger partial charge in [0.1, 0.15) is 11.6 Å². The van der Waals surface area contributed by atoms with Crippen LogP contribution in [0.2, 0.25) is 0 Å². The highest BCUT2D eigenvalue weighted by molar-refractivity contribution is 6.11. The van der Waals surface area contributed by atoms with E-state index in [1.165, 1.54) is 19.3 Å². The number of methoxy groups -OCH3 is 1.